The topological polar surface area (TPSA) is 50.4 Å². The summed E-state index contributed by atoms with van der Waals surface area (Å²) in [4.78, 5) is 13.5. The molecule has 1 heterocycles. The van der Waals surface area contributed by atoms with Crippen molar-refractivity contribution in [2.45, 2.75) is 39.2 Å². The van der Waals surface area contributed by atoms with Crippen LogP contribution in [0.5, 0.6) is 11.5 Å². The van der Waals surface area contributed by atoms with Crippen molar-refractivity contribution >= 4 is 17.2 Å². The Morgan fingerprint density at radius 1 is 0.879 bits per heavy atom. The second-order valence-electron chi connectivity index (χ2n) is 9.45. The standard InChI is InChI=1S/C29H30N2O2/c1-19(2)15-20-16-26-28(27(32)17-20)29(31-25-14-7-6-13-24(25)30-26)21-9-8-12-23(18-21)33-22-10-4-3-5-11-22/h3-14,18-20,29-31H,15-17H2,1-2H3/t20-,29+/m0/s1. The van der Waals surface area contributed by atoms with E-state index < -0.39 is 0 Å². The average Bonchev–Trinajstić information content (AvgIpc) is 2.96. The van der Waals surface area contributed by atoms with Gasteiger partial charge in [0.05, 0.1) is 17.4 Å². The van der Waals surface area contributed by atoms with E-state index >= 15 is 0 Å². The minimum atomic E-state index is -0.233. The molecule has 3 aromatic carbocycles. The number of carbonyl (C=O) groups excluding carboxylic acids is 1. The second-order valence-corrected chi connectivity index (χ2v) is 9.45. The van der Waals surface area contributed by atoms with Gasteiger partial charge in [-0.3, -0.25) is 4.79 Å². The van der Waals surface area contributed by atoms with E-state index in [4.69, 9.17) is 4.74 Å². The van der Waals surface area contributed by atoms with Gasteiger partial charge in [-0.05, 0) is 66.6 Å². The quantitative estimate of drug-likeness (QED) is 0.438. The number of hydrogen-bond donors (Lipinski definition) is 2. The summed E-state index contributed by atoms with van der Waals surface area (Å²) in [5.41, 5.74) is 4.93. The molecule has 4 nitrogen and oxygen atoms in total. The van der Waals surface area contributed by atoms with Crippen LogP contribution in [-0.2, 0) is 4.79 Å². The molecule has 0 aromatic heterocycles. The molecule has 3 aromatic rings. The van der Waals surface area contributed by atoms with Crippen LogP contribution >= 0.6 is 0 Å². The first-order valence-electron chi connectivity index (χ1n) is 11.8. The zero-order valence-corrected chi connectivity index (χ0v) is 19.2. The van der Waals surface area contributed by atoms with Crippen molar-refractivity contribution in [3.8, 4) is 11.5 Å². The molecule has 0 unspecified atom stereocenters. The Balaban J connectivity index is 1.54. The summed E-state index contributed by atoms with van der Waals surface area (Å²) in [7, 11) is 0. The Morgan fingerprint density at radius 3 is 2.39 bits per heavy atom. The minimum Gasteiger partial charge on any atom is -0.457 e. The molecular weight excluding hydrogens is 408 g/mol. The lowest BCUT2D eigenvalue weighted by Crippen LogP contribution is -2.28. The fourth-order valence-electron chi connectivity index (χ4n) is 5.04. The molecule has 1 aliphatic heterocycles. The summed E-state index contributed by atoms with van der Waals surface area (Å²) in [5, 5.41) is 7.27. The van der Waals surface area contributed by atoms with Crippen LogP contribution in [-0.4, -0.2) is 5.78 Å². The van der Waals surface area contributed by atoms with Gasteiger partial charge in [0.1, 0.15) is 11.5 Å². The van der Waals surface area contributed by atoms with Crippen LogP contribution in [0.25, 0.3) is 0 Å². The number of ether oxygens (including phenoxy) is 1. The normalized spacial score (nSPS) is 19.8. The van der Waals surface area contributed by atoms with Crippen LogP contribution in [0.4, 0.5) is 11.4 Å². The summed E-state index contributed by atoms with van der Waals surface area (Å²) < 4.78 is 6.09. The van der Waals surface area contributed by atoms with E-state index in [0.29, 0.717) is 18.3 Å². The predicted octanol–water partition coefficient (Wildman–Crippen LogP) is 7.34. The number of Topliss-reactive ketones (excluding diaryl/α,β-unsaturated/α-hetero) is 1. The van der Waals surface area contributed by atoms with E-state index in [2.05, 4.69) is 42.7 Å². The number of carbonyl (C=O) groups is 1. The molecule has 0 saturated heterocycles. The van der Waals surface area contributed by atoms with Gasteiger partial charge in [0.25, 0.3) is 0 Å². The molecule has 0 bridgehead atoms. The van der Waals surface area contributed by atoms with Gasteiger partial charge in [-0.25, -0.2) is 0 Å². The largest absolute Gasteiger partial charge is 0.457 e. The Morgan fingerprint density at radius 2 is 1.61 bits per heavy atom. The van der Waals surface area contributed by atoms with Crippen LogP contribution in [0.15, 0.2) is 90.1 Å². The van der Waals surface area contributed by atoms with Crippen LogP contribution in [0, 0.1) is 11.8 Å². The molecule has 2 atom stereocenters. The fourth-order valence-corrected chi connectivity index (χ4v) is 5.04. The van der Waals surface area contributed by atoms with Gasteiger partial charge in [0, 0.05) is 17.7 Å². The monoisotopic (exact) mass is 438 g/mol. The molecule has 4 heteroatoms. The Bertz CT molecular complexity index is 1180. The molecule has 1 aliphatic carbocycles. The third-order valence-corrected chi connectivity index (χ3v) is 6.37. The van der Waals surface area contributed by atoms with Gasteiger partial charge in [0.2, 0.25) is 0 Å². The molecular formula is C29H30N2O2. The van der Waals surface area contributed by atoms with E-state index in [9.17, 15) is 4.79 Å². The molecule has 0 amide bonds. The molecule has 2 N–H and O–H groups in total. The number of fused-ring (bicyclic) bond motifs is 1. The first-order valence-corrected chi connectivity index (χ1v) is 11.8. The second kappa shape index (κ2) is 9.14. The highest BCUT2D eigenvalue weighted by atomic mass is 16.5. The number of rotatable bonds is 5. The number of allylic oxidation sites excluding steroid dienone is 1. The summed E-state index contributed by atoms with van der Waals surface area (Å²) in [6.07, 6.45) is 2.56. The van der Waals surface area contributed by atoms with Crippen molar-refractivity contribution in [2.24, 2.45) is 11.8 Å². The zero-order chi connectivity index (χ0) is 22.8. The van der Waals surface area contributed by atoms with Crippen molar-refractivity contribution in [1.82, 2.24) is 0 Å². The summed E-state index contributed by atoms with van der Waals surface area (Å²) in [5.74, 6) is 2.73. The lowest BCUT2D eigenvalue weighted by molar-refractivity contribution is -0.117. The van der Waals surface area contributed by atoms with Gasteiger partial charge >= 0.3 is 0 Å². The Kier molecular flexibility index (Phi) is 5.91. The van der Waals surface area contributed by atoms with Crippen LogP contribution in [0.1, 0.15) is 44.7 Å². The molecule has 0 spiro atoms. The van der Waals surface area contributed by atoms with E-state index in [1.54, 1.807) is 0 Å². The molecule has 5 rings (SSSR count). The molecule has 33 heavy (non-hydrogen) atoms. The van der Waals surface area contributed by atoms with Crippen molar-refractivity contribution in [3.63, 3.8) is 0 Å². The van der Waals surface area contributed by atoms with Crippen LogP contribution < -0.4 is 15.4 Å². The third kappa shape index (κ3) is 4.65. The van der Waals surface area contributed by atoms with Gasteiger partial charge in [-0.2, -0.15) is 0 Å². The van der Waals surface area contributed by atoms with Crippen LogP contribution in [0.2, 0.25) is 0 Å². The number of ketones is 1. The molecule has 0 radical (unpaired) electrons. The maximum Gasteiger partial charge on any atom is 0.163 e. The highest BCUT2D eigenvalue weighted by molar-refractivity contribution is 6.00. The summed E-state index contributed by atoms with van der Waals surface area (Å²) >= 11 is 0. The van der Waals surface area contributed by atoms with Crippen molar-refractivity contribution in [1.29, 1.82) is 0 Å². The first-order chi connectivity index (χ1) is 16.1. The van der Waals surface area contributed by atoms with E-state index in [0.717, 1.165) is 52.5 Å². The lowest BCUT2D eigenvalue weighted by Gasteiger charge is -2.30. The maximum atomic E-state index is 13.5. The van der Waals surface area contributed by atoms with Crippen molar-refractivity contribution < 1.29 is 9.53 Å². The Labute approximate surface area is 195 Å². The molecule has 2 aliphatic rings. The number of hydrogen-bond acceptors (Lipinski definition) is 4. The highest BCUT2D eigenvalue weighted by Crippen LogP contribution is 2.43. The van der Waals surface area contributed by atoms with Crippen molar-refractivity contribution in [2.75, 3.05) is 10.6 Å². The smallest absolute Gasteiger partial charge is 0.163 e. The molecule has 0 fully saturated rings. The van der Waals surface area contributed by atoms with E-state index in [1.807, 2.05) is 60.7 Å². The SMILES string of the molecule is CC(C)C[C@@H]1CC(=O)C2=C(C1)Nc1ccccc1N[C@@H]2c1cccc(Oc2ccccc2)c1. The highest BCUT2D eigenvalue weighted by Gasteiger charge is 2.35. The summed E-state index contributed by atoms with van der Waals surface area (Å²) in [6.45, 7) is 4.46. The maximum absolute atomic E-state index is 13.5. The predicted molar refractivity (Wildman–Crippen MR) is 134 cm³/mol. The molecule has 168 valence electrons. The third-order valence-electron chi connectivity index (χ3n) is 6.37. The first kappa shape index (κ1) is 21.3. The molecule has 0 saturated carbocycles. The lowest BCUT2D eigenvalue weighted by atomic mass is 9.78. The zero-order valence-electron chi connectivity index (χ0n) is 19.2. The van der Waals surface area contributed by atoms with Gasteiger partial charge in [0.15, 0.2) is 5.78 Å². The van der Waals surface area contributed by atoms with Gasteiger partial charge in [-0.1, -0.05) is 56.3 Å². The number of nitrogens with one attached hydrogen (secondary N) is 2. The van der Waals surface area contributed by atoms with Gasteiger partial charge < -0.3 is 15.4 Å². The minimum absolute atomic E-state index is 0.231. The van der Waals surface area contributed by atoms with Crippen LogP contribution in [0.3, 0.4) is 0 Å². The number of benzene rings is 3. The average molecular weight is 439 g/mol. The fraction of sp³-hybridized carbons (Fsp3) is 0.276. The van der Waals surface area contributed by atoms with E-state index in [1.165, 1.54) is 0 Å². The van der Waals surface area contributed by atoms with Gasteiger partial charge in [-0.15, -0.1) is 0 Å². The number of para-hydroxylation sites is 3. The summed E-state index contributed by atoms with van der Waals surface area (Å²) in [6, 6.07) is 25.8. The number of anilines is 2. The van der Waals surface area contributed by atoms with E-state index in [-0.39, 0.29) is 11.8 Å². The van der Waals surface area contributed by atoms with Crippen molar-refractivity contribution in [3.05, 3.63) is 95.7 Å². The Hall–Kier alpha value is -3.53.